The standard InChI is InChI=1S/C49H36N2/c1-49(2)44-19-9-5-16-40(44)41-30-29-38(32-45(41)49)50(46-20-10-6-15-39(46)35-24-23-33-13-3-4-14-34(33)31-35)36-25-27-37(28-26-36)51-47-21-11-7-17-42(47)43-18-8-12-22-48(43)51/h3-32H,1-2H3. The predicted molar refractivity (Wildman–Crippen MR) is 216 cm³/mol. The van der Waals surface area contributed by atoms with Crippen molar-refractivity contribution in [2.75, 3.05) is 4.90 Å². The lowest BCUT2D eigenvalue weighted by Crippen LogP contribution is -2.17. The molecule has 8 aromatic carbocycles. The molecule has 0 spiro atoms. The molecular weight excluding hydrogens is 617 g/mol. The summed E-state index contributed by atoms with van der Waals surface area (Å²) in [7, 11) is 0. The highest BCUT2D eigenvalue weighted by Crippen LogP contribution is 2.51. The van der Waals surface area contributed by atoms with Crippen molar-refractivity contribution in [2.24, 2.45) is 0 Å². The summed E-state index contributed by atoms with van der Waals surface area (Å²) in [5.74, 6) is 0. The SMILES string of the molecule is CC1(C)c2ccccc2-c2ccc(N(c3ccc(-n4c5ccccc5c5ccccc54)cc3)c3ccccc3-c3ccc4ccccc4c3)cc21. The number of nitrogens with zero attached hydrogens (tertiary/aromatic N) is 2. The van der Waals surface area contributed by atoms with Crippen LogP contribution in [0.1, 0.15) is 25.0 Å². The molecule has 0 radical (unpaired) electrons. The van der Waals surface area contributed by atoms with Crippen LogP contribution in [-0.4, -0.2) is 4.57 Å². The van der Waals surface area contributed by atoms with Gasteiger partial charge in [0.25, 0.3) is 0 Å². The molecule has 0 aliphatic heterocycles. The highest BCUT2D eigenvalue weighted by molar-refractivity contribution is 6.09. The fourth-order valence-electron chi connectivity index (χ4n) is 8.48. The van der Waals surface area contributed by atoms with E-state index >= 15 is 0 Å². The largest absolute Gasteiger partial charge is 0.310 e. The monoisotopic (exact) mass is 652 g/mol. The van der Waals surface area contributed by atoms with E-state index in [-0.39, 0.29) is 5.41 Å². The molecule has 1 aliphatic rings. The van der Waals surface area contributed by atoms with Gasteiger partial charge in [-0.15, -0.1) is 0 Å². The number of anilines is 3. The van der Waals surface area contributed by atoms with Crippen molar-refractivity contribution in [1.82, 2.24) is 4.57 Å². The van der Waals surface area contributed by atoms with E-state index in [0.717, 1.165) is 22.7 Å². The Balaban J connectivity index is 1.17. The maximum absolute atomic E-state index is 2.44. The molecule has 0 amide bonds. The van der Waals surface area contributed by atoms with Crippen molar-refractivity contribution in [2.45, 2.75) is 19.3 Å². The Kier molecular flexibility index (Phi) is 6.56. The zero-order chi connectivity index (χ0) is 34.1. The van der Waals surface area contributed by atoms with Crippen molar-refractivity contribution in [1.29, 1.82) is 0 Å². The van der Waals surface area contributed by atoms with E-state index in [9.17, 15) is 0 Å². The maximum Gasteiger partial charge on any atom is 0.0541 e. The first-order valence-corrected chi connectivity index (χ1v) is 17.8. The second-order valence-corrected chi connectivity index (χ2v) is 14.2. The van der Waals surface area contributed by atoms with Gasteiger partial charge in [0.2, 0.25) is 0 Å². The van der Waals surface area contributed by atoms with E-state index in [0.29, 0.717) is 0 Å². The van der Waals surface area contributed by atoms with E-state index in [2.05, 4.69) is 205 Å². The molecule has 10 rings (SSSR count). The number of aromatic nitrogens is 1. The molecule has 0 unspecified atom stereocenters. The van der Waals surface area contributed by atoms with Gasteiger partial charge < -0.3 is 9.47 Å². The quantitative estimate of drug-likeness (QED) is 0.180. The first-order valence-electron chi connectivity index (χ1n) is 17.8. The molecule has 9 aromatic rings. The van der Waals surface area contributed by atoms with Gasteiger partial charge in [0.1, 0.15) is 0 Å². The van der Waals surface area contributed by atoms with Crippen LogP contribution in [0.3, 0.4) is 0 Å². The van der Waals surface area contributed by atoms with Crippen LogP contribution in [0.15, 0.2) is 182 Å². The summed E-state index contributed by atoms with van der Waals surface area (Å²) in [5.41, 5.74) is 14.7. The van der Waals surface area contributed by atoms with Crippen LogP contribution in [0.5, 0.6) is 0 Å². The van der Waals surface area contributed by atoms with Gasteiger partial charge >= 0.3 is 0 Å². The van der Waals surface area contributed by atoms with Gasteiger partial charge in [0.05, 0.1) is 16.7 Å². The zero-order valence-corrected chi connectivity index (χ0v) is 28.7. The van der Waals surface area contributed by atoms with Crippen molar-refractivity contribution in [3.05, 3.63) is 193 Å². The molecule has 1 heterocycles. The Morgan fingerprint density at radius 1 is 0.431 bits per heavy atom. The highest BCUT2D eigenvalue weighted by atomic mass is 15.1. The minimum Gasteiger partial charge on any atom is -0.310 e. The number of benzene rings is 8. The van der Waals surface area contributed by atoms with Crippen LogP contribution in [0.2, 0.25) is 0 Å². The van der Waals surface area contributed by atoms with Crippen LogP contribution in [0.25, 0.3) is 60.5 Å². The van der Waals surface area contributed by atoms with E-state index in [4.69, 9.17) is 0 Å². The van der Waals surface area contributed by atoms with Crippen LogP contribution in [-0.2, 0) is 5.41 Å². The van der Waals surface area contributed by atoms with Gasteiger partial charge in [-0.1, -0.05) is 135 Å². The number of rotatable bonds is 5. The first kappa shape index (κ1) is 29.5. The van der Waals surface area contributed by atoms with Crippen molar-refractivity contribution in [3.8, 4) is 27.9 Å². The lowest BCUT2D eigenvalue weighted by Gasteiger charge is -2.30. The third-order valence-electron chi connectivity index (χ3n) is 11.0. The van der Waals surface area contributed by atoms with Gasteiger partial charge in [-0.3, -0.25) is 0 Å². The normalized spacial score (nSPS) is 13.1. The minimum absolute atomic E-state index is 0.105. The number of hydrogen-bond donors (Lipinski definition) is 0. The molecule has 2 nitrogen and oxygen atoms in total. The number of hydrogen-bond acceptors (Lipinski definition) is 1. The van der Waals surface area contributed by atoms with E-state index in [1.54, 1.807) is 0 Å². The highest BCUT2D eigenvalue weighted by Gasteiger charge is 2.35. The van der Waals surface area contributed by atoms with Crippen molar-refractivity contribution in [3.63, 3.8) is 0 Å². The fraction of sp³-hybridized carbons (Fsp3) is 0.0612. The molecular formula is C49H36N2. The van der Waals surface area contributed by atoms with Crippen molar-refractivity contribution >= 4 is 49.6 Å². The third kappa shape index (κ3) is 4.57. The van der Waals surface area contributed by atoms with Crippen LogP contribution in [0, 0.1) is 0 Å². The van der Waals surface area contributed by atoms with Gasteiger partial charge in [-0.25, -0.2) is 0 Å². The Morgan fingerprint density at radius 2 is 1.02 bits per heavy atom. The van der Waals surface area contributed by atoms with Crippen LogP contribution in [0.4, 0.5) is 17.1 Å². The summed E-state index contributed by atoms with van der Waals surface area (Å²) in [5, 5.41) is 5.02. The minimum atomic E-state index is -0.105. The summed E-state index contributed by atoms with van der Waals surface area (Å²) in [6, 6.07) is 66.7. The molecule has 0 bridgehead atoms. The summed E-state index contributed by atoms with van der Waals surface area (Å²) in [4.78, 5) is 2.44. The van der Waals surface area contributed by atoms with E-state index < -0.39 is 0 Å². The Morgan fingerprint density at radius 3 is 1.78 bits per heavy atom. The predicted octanol–water partition coefficient (Wildman–Crippen LogP) is 13.4. The summed E-state index contributed by atoms with van der Waals surface area (Å²) in [6.45, 7) is 4.71. The smallest absolute Gasteiger partial charge is 0.0541 e. The number of para-hydroxylation sites is 3. The zero-order valence-electron chi connectivity index (χ0n) is 28.7. The molecule has 0 N–H and O–H groups in total. The number of fused-ring (bicyclic) bond motifs is 7. The lowest BCUT2D eigenvalue weighted by atomic mass is 9.82. The molecule has 51 heavy (non-hydrogen) atoms. The second-order valence-electron chi connectivity index (χ2n) is 14.2. The Labute approximate surface area is 298 Å². The summed E-state index contributed by atoms with van der Waals surface area (Å²) >= 11 is 0. The fourth-order valence-corrected chi connectivity index (χ4v) is 8.48. The molecule has 0 saturated heterocycles. The topological polar surface area (TPSA) is 8.17 Å². The van der Waals surface area contributed by atoms with Crippen LogP contribution >= 0.6 is 0 Å². The maximum atomic E-state index is 2.44. The van der Waals surface area contributed by atoms with E-state index in [1.807, 2.05) is 0 Å². The Hall–Kier alpha value is -6.38. The lowest BCUT2D eigenvalue weighted by molar-refractivity contribution is 0.660. The average Bonchev–Trinajstić information content (AvgIpc) is 3.64. The van der Waals surface area contributed by atoms with Gasteiger partial charge in [0, 0.05) is 38.8 Å². The summed E-state index contributed by atoms with van der Waals surface area (Å²) < 4.78 is 2.39. The molecule has 1 aliphatic carbocycles. The van der Waals surface area contributed by atoms with E-state index in [1.165, 1.54) is 66.0 Å². The third-order valence-corrected chi connectivity index (χ3v) is 11.0. The van der Waals surface area contributed by atoms with Gasteiger partial charge in [-0.05, 0) is 99.3 Å². The molecule has 1 aromatic heterocycles. The second kappa shape index (κ2) is 11.3. The molecule has 2 heteroatoms. The van der Waals surface area contributed by atoms with Crippen LogP contribution < -0.4 is 4.90 Å². The first-order chi connectivity index (χ1) is 25.1. The molecule has 0 saturated carbocycles. The van der Waals surface area contributed by atoms with Crippen molar-refractivity contribution < 1.29 is 0 Å². The molecule has 0 fully saturated rings. The Bertz CT molecular complexity index is 2730. The van der Waals surface area contributed by atoms with Gasteiger partial charge in [-0.2, -0.15) is 0 Å². The molecule has 242 valence electrons. The van der Waals surface area contributed by atoms with Gasteiger partial charge in [0.15, 0.2) is 0 Å². The summed E-state index contributed by atoms with van der Waals surface area (Å²) in [6.07, 6.45) is 0. The molecule has 0 atom stereocenters. The average molecular weight is 653 g/mol.